The molecule has 0 aliphatic carbocycles. The highest BCUT2D eigenvalue weighted by Crippen LogP contribution is 2.32. The lowest BCUT2D eigenvalue weighted by Crippen LogP contribution is -2.49. The van der Waals surface area contributed by atoms with Crippen molar-refractivity contribution in [2.75, 3.05) is 6.54 Å². The van der Waals surface area contributed by atoms with Crippen LogP contribution in [0.1, 0.15) is 35.8 Å². The van der Waals surface area contributed by atoms with Gasteiger partial charge in [-0.15, -0.1) is 16.1 Å². The van der Waals surface area contributed by atoms with Crippen LogP contribution in [0.25, 0.3) is 10.6 Å². The van der Waals surface area contributed by atoms with E-state index in [9.17, 15) is 18.0 Å². The molecule has 0 saturated carbocycles. The van der Waals surface area contributed by atoms with Crippen LogP contribution in [0.15, 0.2) is 42.4 Å². The molecule has 1 amide bonds. The molecule has 1 aliphatic rings. The summed E-state index contributed by atoms with van der Waals surface area (Å²) in [7, 11) is 0. The van der Waals surface area contributed by atoms with Gasteiger partial charge >= 0.3 is 6.18 Å². The van der Waals surface area contributed by atoms with E-state index in [-0.39, 0.29) is 30.0 Å². The largest absolute Gasteiger partial charge is 0.470 e. The maximum Gasteiger partial charge on any atom is 0.433 e. The number of carbonyl (C=O) groups excluding carboxylic acids is 1. The predicted octanol–water partition coefficient (Wildman–Crippen LogP) is 3.46. The Bertz CT molecular complexity index is 1280. The molecule has 2 atom stereocenters. The van der Waals surface area contributed by atoms with Crippen molar-refractivity contribution in [1.29, 1.82) is 0 Å². The van der Waals surface area contributed by atoms with Crippen LogP contribution in [0.4, 0.5) is 13.2 Å². The summed E-state index contributed by atoms with van der Waals surface area (Å²) in [4.78, 5) is 24.4. The lowest BCUT2D eigenvalue weighted by Gasteiger charge is -2.37. The van der Waals surface area contributed by atoms with E-state index in [1.807, 2.05) is 6.92 Å². The van der Waals surface area contributed by atoms with Crippen molar-refractivity contribution in [3.05, 3.63) is 53.7 Å². The van der Waals surface area contributed by atoms with Crippen LogP contribution in [-0.4, -0.2) is 58.9 Å². The fourth-order valence-corrected chi connectivity index (χ4v) is 4.70. The van der Waals surface area contributed by atoms with Crippen LogP contribution in [0.5, 0.6) is 5.88 Å². The maximum absolute atomic E-state index is 13.4. The van der Waals surface area contributed by atoms with Gasteiger partial charge in [0.25, 0.3) is 11.8 Å². The first-order valence-corrected chi connectivity index (χ1v) is 11.0. The van der Waals surface area contributed by atoms with E-state index in [0.29, 0.717) is 23.4 Å². The van der Waals surface area contributed by atoms with Crippen molar-refractivity contribution in [1.82, 2.24) is 34.3 Å². The smallest absolute Gasteiger partial charge is 0.433 e. The SMILES string of the molecule is C[C@@H]1CC[C@@H](Oc2nccn3c(C(F)(F)F)cnc23)CN1C(=O)c1ccsc1-n1nccn1. The Labute approximate surface area is 189 Å². The molecule has 1 fully saturated rings. The van der Waals surface area contributed by atoms with Crippen LogP contribution in [0, 0.1) is 0 Å². The van der Waals surface area contributed by atoms with Crippen LogP contribution in [0.2, 0.25) is 0 Å². The molecule has 172 valence electrons. The molecular formula is C20H18F3N7O2S. The van der Waals surface area contributed by atoms with E-state index >= 15 is 0 Å². The number of alkyl halides is 3. The van der Waals surface area contributed by atoms with Gasteiger partial charge in [0.15, 0.2) is 5.00 Å². The van der Waals surface area contributed by atoms with E-state index in [4.69, 9.17) is 4.74 Å². The highest BCUT2D eigenvalue weighted by atomic mass is 32.1. The summed E-state index contributed by atoms with van der Waals surface area (Å²) in [5.74, 6) is -0.187. The van der Waals surface area contributed by atoms with E-state index in [1.165, 1.54) is 40.9 Å². The third-order valence-electron chi connectivity index (χ3n) is 5.54. The molecule has 4 aromatic rings. The van der Waals surface area contributed by atoms with Crippen LogP contribution in [0.3, 0.4) is 0 Å². The molecule has 1 aliphatic heterocycles. The second kappa shape index (κ2) is 8.14. The Morgan fingerprint density at radius 1 is 1.18 bits per heavy atom. The highest BCUT2D eigenvalue weighted by Gasteiger charge is 2.36. The third-order valence-corrected chi connectivity index (χ3v) is 6.42. The lowest BCUT2D eigenvalue weighted by atomic mass is 10.0. The molecule has 9 nitrogen and oxygen atoms in total. The van der Waals surface area contributed by atoms with Gasteiger partial charge in [-0.1, -0.05) is 0 Å². The highest BCUT2D eigenvalue weighted by molar-refractivity contribution is 7.12. The van der Waals surface area contributed by atoms with E-state index in [0.717, 1.165) is 10.6 Å². The number of hydrogen-bond acceptors (Lipinski definition) is 7. The number of carbonyl (C=O) groups is 1. The number of hydrogen-bond donors (Lipinski definition) is 0. The zero-order valence-electron chi connectivity index (χ0n) is 17.3. The fourth-order valence-electron chi connectivity index (χ4n) is 3.89. The van der Waals surface area contributed by atoms with Crippen LogP contribution >= 0.6 is 11.3 Å². The molecule has 13 heteroatoms. The minimum absolute atomic E-state index is 0.00286. The molecular weight excluding hydrogens is 459 g/mol. The van der Waals surface area contributed by atoms with E-state index < -0.39 is 18.0 Å². The summed E-state index contributed by atoms with van der Waals surface area (Å²) in [5, 5.41) is 10.6. The molecule has 33 heavy (non-hydrogen) atoms. The minimum Gasteiger partial charge on any atom is -0.470 e. The van der Waals surface area contributed by atoms with Gasteiger partial charge in [-0.25, -0.2) is 9.97 Å². The molecule has 0 radical (unpaired) electrons. The van der Waals surface area contributed by atoms with Crippen LogP contribution in [-0.2, 0) is 6.18 Å². The number of amides is 1. The van der Waals surface area contributed by atoms with Crippen LogP contribution < -0.4 is 4.74 Å². The maximum atomic E-state index is 13.4. The van der Waals surface area contributed by atoms with E-state index in [2.05, 4.69) is 20.2 Å². The quantitative estimate of drug-likeness (QED) is 0.447. The van der Waals surface area contributed by atoms with Crippen molar-refractivity contribution in [2.24, 2.45) is 0 Å². The van der Waals surface area contributed by atoms with Gasteiger partial charge < -0.3 is 9.64 Å². The van der Waals surface area contributed by atoms with Crippen molar-refractivity contribution in [3.8, 4) is 10.9 Å². The zero-order valence-corrected chi connectivity index (χ0v) is 18.1. The molecule has 0 spiro atoms. The first-order chi connectivity index (χ1) is 15.8. The number of aromatic nitrogens is 6. The Balaban J connectivity index is 1.38. The second-order valence-corrected chi connectivity index (χ2v) is 8.54. The summed E-state index contributed by atoms with van der Waals surface area (Å²) < 4.78 is 46.5. The average molecular weight is 477 g/mol. The Morgan fingerprint density at radius 2 is 1.97 bits per heavy atom. The third kappa shape index (κ3) is 3.92. The van der Waals surface area contributed by atoms with Gasteiger partial charge in [-0.05, 0) is 31.2 Å². The molecule has 0 unspecified atom stereocenters. The number of piperidine rings is 1. The zero-order chi connectivity index (χ0) is 23.2. The summed E-state index contributed by atoms with van der Waals surface area (Å²) >= 11 is 1.36. The van der Waals surface area contributed by atoms with Gasteiger partial charge in [-0.2, -0.15) is 23.4 Å². The Kier molecular flexibility index (Phi) is 5.27. The van der Waals surface area contributed by atoms with E-state index in [1.54, 1.807) is 16.3 Å². The van der Waals surface area contributed by atoms with Crippen molar-refractivity contribution in [2.45, 2.75) is 38.1 Å². The van der Waals surface area contributed by atoms with Gasteiger partial charge in [0.05, 0.1) is 30.7 Å². The first-order valence-electron chi connectivity index (χ1n) is 10.1. The standard InChI is InChI=1S/C20H18F3N7O2S/c1-12-2-3-13(32-17-16-25-10-15(20(21,22)23)28(16)8-7-24-17)11-29(12)18(31)14-4-9-33-19(14)30-26-5-6-27-30/h4-10,12-13H,2-3,11H2,1H3/t12-,13-/m1/s1. The van der Waals surface area contributed by atoms with Gasteiger partial charge in [0, 0.05) is 18.4 Å². The molecule has 0 aromatic carbocycles. The van der Waals surface area contributed by atoms with Gasteiger partial charge in [-0.3, -0.25) is 9.20 Å². The number of ether oxygens (including phenoxy) is 1. The summed E-state index contributed by atoms with van der Waals surface area (Å²) in [6.07, 6.45) is 2.55. The molecule has 4 aromatic heterocycles. The summed E-state index contributed by atoms with van der Waals surface area (Å²) in [6.45, 7) is 2.22. The molecule has 5 heterocycles. The lowest BCUT2D eigenvalue weighted by molar-refractivity contribution is -0.141. The topological polar surface area (TPSA) is 90.4 Å². The Hall–Kier alpha value is -3.48. The number of fused-ring (bicyclic) bond motifs is 1. The minimum atomic E-state index is -4.55. The second-order valence-electron chi connectivity index (χ2n) is 7.65. The summed E-state index contributed by atoms with van der Waals surface area (Å²) in [5.41, 5.74) is -0.450. The normalized spacial score (nSPS) is 19.2. The summed E-state index contributed by atoms with van der Waals surface area (Å²) in [6, 6.07) is 1.69. The predicted molar refractivity (Wildman–Crippen MR) is 111 cm³/mol. The number of rotatable bonds is 4. The van der Waals surface area contributed by atoms with Gasteiger partial charge in [0.2, 0.25) is 5.65 Å². The molecule has 0 N–H and O–H groups in total. The number of imidazole rings is 1. The van der Waals surface area contributed by atoms with Crippen molar-refractivity contribution >= 4 is 22.9 Å². The number of halogens is 3. The monoisotopic (exact) mass is 477 g/mol. The number of thiophene rings is 1. The van der Waals surface area contributed by atoms with Crippen molar-refractivity contribution in [3.63, 3.8) is 0 Å². The molecule has 1 saturated heterocycles. The Morgan fingerprint density at radius 3 is 2.73 bits per heavy atom. The fraction of sp³-hybridized carbons (Fsp3) is 0.350. The van der Waals surface area contributed by atoms with Gasteiger partial charge in [0.1, 0.15) is 11.8 Å². The molecule has 5 rings (SSSR count). The molecule has 0 bridgehead atoms. The van der Waals surface area contributed by atoms with Crippen molar-refractivity contribution < 1.29 is 22.7 Å². The average Bonchev–Trinajstić information content (AvgIpc) is 3.53. The number of likely N-dealkylation sites (tertiary alicyclic amines) is 1. The first kappa shape index (κ1) is 21.4. The number of nitrogens with zero attached hydrogens (tertiary/aromatic N) is 7.